The molecule has 0 amide bonds. The molecular weight excluding hydrogens is 200 g/mol. The summed E-state index contributed by atoms with van der Waals surface area (Å²) in [6.45, 7) is 2.08. The van der Waals surface area contributed by atoms with Gasteiger partial charge in [-0.25, -0.2) is 0 Å². The zero-order valence-electron chi connectivity index (χ0n) is 7.69. The van der Waals surface area contributed by atoms with E-state index >= 15 is 0 Å². The molecule has 0 spiro atoms. The molecule has 1 fully saturated rings. The highest BCUT2D eigenvalue weighted by atomic mass is 32.2. The van der Waals surface area contributed by atoms with Crippen molar-refractivity contribution in [2.24, 2.45) is 0 Å². The molecule has 2 unspecified atom stereocenters. The summed E-state index contributed by atoms with van der Waals surface area (Å²) in [4.78, 5) is 1.17. The molecule has 1 aromatic heterocycles. The fraction of sp³-hybridized carbons (Fsp3) is 0.600. The highest BCUT2D eigenvalue weighted by molar-refractivity contribution is 8.00. The van der Waals surface area contributed by atoms with Crippen LogP contribution in [0.5, 0.6) is 0 Å². The maximum Gasteiger partial charge on any atom is 0.100 e. The summed E-state index contributed by atoms with van der Waals surface area (Å²) in [5, 5.41) is 12.6. The van der Waals surface area contributed by atoms with Crippen LogP contribution in [0.25, 0.3) is 0 Å². The Labute approximate surface area is 87.2 Å². The Morgan fingerprint density at radius 1 is 1.62 bits per heavy atom. The number of rotatable bonds is 2. The third-order valence-electron chi connectivity index (χ3n) is 2.49. The molecule has 1 aromatic rings. The van der Waals surface area contributed by atoms with Gasteiger partial charge in [0.2, 0.25) is 0 Å². The van der Waals surface area contributed by atoms with Gasteiger partial charge in [0, 0.05) is 10.1 Å². The minimum atomic E-state index is -0.229. The lowest BCUT2D eigenvalue weighted by Crippen LogP contribution is -2.11. The van der Waals surface area contributed by atoms with Crippen LogP contribution in [-0.4, -0.2) is 16.1 Å². The molecule has 13 heavy (non-hydrogen) atoms. The minimum Gasteiger partial charge on any atom is -0.386 e. The molecule has 1 N–H and O–H groups in total. The summed E-state index contributed by atoms with van der Waals surface area (Å²) >= 11 is 3.60. The largest absolute Gasteiger partial charge is 0.386 e. The second-order valence-electron chi connectivity index (χ2n) is 3.46. The van der Waals surface area contributed by atoms with Gasteiger partial charge in [-0.3, -0.25) is 0 Å². The second-order valence-corrected chi connectivity index (χ2v) is 5.76. The van der Waals surface area contributed by atoms with Crippen molar-refractivity contribution in [1.82, 2.24) is 0 Å². The molecule has 2 heterocycles. The van der Waals surface area contributed by atoms with Crippen LogP contribution < -0.4 is 0 Å². The first-order chi connectivity index (χ1) is 6.29. The summed E-state index contributed by atoms with van der Waals surface area (Å²) < 4.78 is 0. The molecular formula is C10H14OS2. The number of thioether (sulfide) groups is 1. The fourth-order valence-electron chi connectivity index (χ4n) is 1.71. The van der Waals surface area contributed by atoms with Crippen LogP contribution in [0.3, 0.4) is 0 Å². The van der Waals surface area contributed by atoms with Crippen molar-refractivity contribution in [1.29, 1.82) is 0 Å². The SMILES string of the molecule is Cc1ccsc1C(O)C1CCCS1. The molecule has 3 heteroatoms. The van der Waals surface area contributed by atoms with Gasteiger partial charge in [-0.1, -0.05) is 0 Å². The zero-order valence-corrected chi connectivity index (χ0v) is 9.33. The average molecular weight is 214 g/mol. The van der Waals surface area contributed by atoms with Crippen molar-refractivity contribution in [3.63, 3.8) is 0 Å². The number of aliphatic hydroxyl groups is 1. The molecule has 72 valence electrons. The molecule has 1 aliphatic rings. The zero-order chi connectivity index (χ0) is 9.26. The Morgan fingerprint density at radius 2 is 2.46 bits per heavy atom. The summed E-state index contributed by atoms with van der Waals surface area (Å²) in [5.74, 6) is 1.21. The molecule has 1 nitrogen and oxygen atoms in total. The summed E-state index contributed by atoms with van der Waals surface area (Å²) in [6.07, 6.45) is 2.20. The molecule has 0 saturated carbocycles. The number of hydrogen-bond donors (Lipinski definition) is 1. The summed E-state index contributed by atoms with van der Waals surface area (Å²) in [5.41, 5.74) is 1.24. The molecule has 0 bridgehead atoms. The third kappa shape index (κ3) is 1.92. The van der Waals surface area contributed by atoms with Gasteiger partial charge in [0.15, 0.2) is 0 Å². The van der Waals surface area contributed by atoms with E-state index in [0.29, 0.717) is 5.25 Å². The van der Waals surface area contributed by atoms with Gasteiger partial charge in [0.1, 0.15) is 6.10 Å². The van der Waals surface area contributed by atoms with E-state index < -0.39 is 0 Å². The number of aliphatic hydroxyl groups excluding tert-OH is 1. The molecule has 1 saturated heterocycles. The maximum atomic E-state index is 10.1. The fourth-order valence-corrected chi connectivity index (χ4v) is 4.06. The van der Waals surface area contributed by atoms with Crippen LogP contribution >= 0.6 is 23.1 Å². The molecule has 0 aromatic carbocycles. The van der Waals surface area contributed by atoms with Gasteiger partial charge < -0.3 is 5.11 Å². The Balaban J connectivity index is 2.12. The van der Waals surface area contributed by atoms with Crippen molar-refractivity contribution >= 4 is 23.1 Å². The lowest BCUT2D eigenvalue weighted by Gasteiger charge is -2.16. The molecule has 2 atom stereocenters. The van der Waals surface area contributed by atoms with Crippen LogP contribution in [0.2, 0.25) is 0 Å². The van der Waals surface area contributed by atoms with Crippen LogP contribution in [0.1, 0.15) is 29.4 Å². The molecule has 1 aliphatic heterocycles. The van der Waals surface area contributed by atoms with Crippen molar-refractivity contribution in [2.75, 3.05) is 5.75 Å². The van der Waals surface area contributed by atoms with Gasteiger partial charge in [-0.2, -0.15) is 11.8 Å². The molecule has 2 rings (SSSR count). The minimum absolute atomic E-state index is 0.229. The van der Waals surface area contributed by atoms with Gasteiger partial charge in [-0.15, -0.1) is 11.3 Å². The molecule has 0 aliphatic carbocycles. The topological polar surface area (TPSA) is 20.2 Å². The van der Waals surface area contributed by atoms with E-state index in [9.17, 15) is 5.11 Å². The first-order valence-corrected chi connectivity index (χ1v) is 6.55. The Hall–Kier alpha value is 0.01000. The van der Waals surface area contributed by atoms with E-state index in [1.54, 1.807) is 11.3 Å². The predicted octanol–water partition coefficient (Wildman–Crippen LogP) is 2.99. The van der Waals surface area contributed by atoms with Crippen LogP contribution in [0, 0.1) is 6.92 Å². The third-order valence-corrected chi connectivity index (χ3v) is 5.02. The first-order valence-electron chi connectivity index (χ1n) is 4.62. The Bertz CT molecular complexity index is 276. The van der Waals surface area contributed by atoms with Gasteiger partial charge >= 0.3 is 0 Å². The van der Waals surface area contributed by atoms with E-state index in [2.05, 4.69) is 18.4 Å². The predicted molar refractivity (Wildman–Crippen MR) is 59.5 cm³/mol. The molecule has 0 radical (unpaired) electrons. The maximum absolute atomic E-state index is 10.1. The van der Waals surface area contributed by atoms with Crippen LogP contribution in [-0.2, 0) is 0 Å². The normalized spacial score (nSPS) is 24.9. The number of hydrogen-bond acceptors (Lipinski definition) is 3. The first kappa shape index (κ1) is 9.56. The number of thiophene rings is 1. The summed E-state index contributed by atoms with van der Waals surface area (Å²) in [7, 11) is 0. The van der Waals surface area contributed by atoms with Crippen molar-refractivity contribution in [3.8, 4) is 0 Å². The van der Waals surface area contributed by atoms with Crippen LogP contribution in [0.15, 0.2) is 11.4 Å². The van der Waals surface area contributed by atoms with Crippen molar-refractivity contribution in [3.05, 3.63) is 21.9 Å². The highest BCUT2D eigenvalue weighted by Gasteiger charge is 2.26. The highest BCUT2D eigenvalue weighted by Crippen LogP contribution is 2.38. The number of aryl methyl sites for hydroxylation is 1. The quantitative estimate of drug-likeness (QED) is 0.816. The van der Waals surface area contributed by atoms with E-state index in [0.717, 1.165) is 0 Å². The van der Waals surface area contributed by atoms with Crippen molar-refractivity contribution in [2.45, 2.75) is 31.1 Å². The van der Waals surface area contributed by atoms with E-state index in [-0.39, 0.29) is 6.10 Å². The smallest absolute Gasteiger partial charge is 0.100 e. The average Bonchev–Trinajstić information content (AvgIpc) is 2.72. The lowest BCUT2D eigenvalue weighted by molar-refractivity contribution is 0.176. The summed E-state index contributed by atoms with van der Waals surface area (Å²) in [6, 6.07) is 2.09. The van der Waals surface area contributed by atoms with Gasteiger partial charge in [-0.05, 0) is 42.5 Å². The Kier molecular flexibility index (Phi) is 2.96. The van der Waals surface area contributed by atoms with E-state index in [1.165, 1.54) is 29.0 Å². The van der Waals surface area contributed by atoms with Crippen LogP contribution in [0.4, 0.5) is 0 Å². The monoisotopic (exact) mass is 214 g/mol. The standard InChI is InChI=1S/C10H14OS2/c1-7-4-6-13-10(7)9(11)8-3-2-5-12-8/h4,6,8-9,11H,2-3,5H2,1H3. The second kappa shape index (κ2) is 4.03. The van der Waals surface area contributed by atoms with Gasteiger partial charge in [0.05, 0.1) is 0 Å². The van der Waals surface area contributed by atoms with E-state index in [1.807, 2.05) is 11.8 Å². The van der Waals surface area contributed by atoms with E-state index in [4.69, 9.17) is 0 Å². The lowest BCUT2D eigenvalue weighted by atomic mass is 10.1. The van der Waals surface area contributed by atoms with Crippen molar-refractivity contribution < 1.29 is 5.11 Å². The Morgan fingerprint density at radius 3 is 3.00 bits per heavy atom. The van der Waals surface area contributed by atoms with Gasteiger partial charge in [0.25, 0.3) is 0 Å².